The fraction of sp³-hybridized carbons (Fsp3) is 0.364. The lowest BCUT2D eigenvalue weighted by Crippen LogP contribution is -2.41. The highest BCUT2D eigenvalue weighted by Gasteiger charge is 2.31. The van der Waals surface area contributed by atoms with Gasteiger partial charge >= 0.3 is 0 Å². The molecule has 1 fully saturated rings. The van der Waals surface area contributed by atoms with Crippen molar-refractivity contribution < 1.29 is 9.90 Å². The number of nitrogens with zero attached hydrogens (tertiary/aromatic N) is 5. The van der Waals surface area contributed by atoms with Crippen LogP contribution in [0.15, 0.2) is 59.7 Å². The summed E-state index contributed by atoms with van der Waals surface area (Å²) in [6, 6.07) is 13.6. The number of pyridine rings is 2. The summed E-state index contributed by atoms with van der Waals surface area (Å²) in [6.45, 7) is 3.10. The van der Waals surface area contributed by atoms with Crippen molar-refractivity contribution in [2.24, 2.45) is 7.05 Å². The molecule has 1 amide bonds. The number of aryl methyl sites for hydroxylation is 2. The van der Waals surface area contributed by atoms with E-state index in [-0.39, 0.29) is 18.1 Å². The molecule has 7 rings (SSSR count). The highest BCUT2D eigenvalue weighted by molar-refractivity contribution is 6.07. The molecule has 1 saturated heterocycles. The Kier molecular flexibility index (Phi) is 6.71. The molecule has 4 aromatic rings. The van der Waals surface area contributed by atoms with Crippen LogP contribution in [0, 0.1) is 0 Å². The van der Waals surface area contributed by atoms with Crippen LogP contribution in [0.5, 0.6) is 0 Å². The zero-order valence-corrected chi connectivity index (χ0v) is 24.1. The number of fused-ring (bicyclic) bond motifs is 3. The minimum absolute atomic E-state index is 0.0339. The summed E-state index contributed by atoms with van der Waals surface area (Å²) in [5, 5.41) is 13.8. The Morgan fingerprint density at radius 2 is 1.86 bits per heavy atom. The minimum atomic E-state index is -0.238. The molecule has 0 unspecified atom stereocenters. The Hall–Kier alpha value is -4.21. The molecule has 1 aromatic carbocycles. The number of benzene rings is 1. The van der Waals surface area contributed by atoms with E-state index in [0.29, 0.717) is 35.2 Å². The van der Waals surface area contributed by atoms with Gasteiger partial charge in [0, 0.05) is 68.4 Å². The first-order valence-electron chi connectivity index (χ1n) is 14.8. The first kappa shape index (κ1) is 26.7. The number of hydrogen-bond acceptors (Lipinski definition) is 6. The molecule has 2 aliphatic heterocycles. The van der Waals surface area contributed by atoms with Crippen molar-refractivity contribution >= 4 is 23.1 Å². The lowest BCUT2D eigenvalue weighted by molar-refractivity contribution is 0.0964. The summed E-state index contributed by atoms with van der Waals surface area (Å²) in [5.74, 6) is 1.06. The van der Waals surface area contributed by atoms with Crippen molar-refractivity contribution in [3.8, 4) is 11.1 Å². The smallest absolute Gasteiger partial charge is 0.274 e. The molecule has 1 aliphatic carbocycles. The molecule has 5 heterocycles. The quantitative estimate of drug-likeness (QED) is 0.367. The van der Waals surface area contributed by atoms with E-state index in [1.807, 2.05) is 30.5 Å². The molecule has 9 heteroatoms. The summed E-state index contributed by atoms with van der Waals surface area (Å²) in [6.07, 6.45) is 8.04. The Labute approximate surface area is 245 Å². The van der Waals surface area contributed by atoms with Crippen LogP contribution in [-0.2, 0) is 33.0 Å². The van der Waals surface area contributed by atoms with Crippen molar-refractivity contribution in [3.05, 3.63) is 93.3 Å². The molecule has 0 spiro atoms. The molecule has 0 radical (unpaired) electrons. The van der Waals surface area contributed by atoms with Crippen LogP contribution >= 0.6 is 0 Å². The molecular formula is C33H36N6O3. The number of aromatic nitrogens is 3. The van der Waals surface area contributed by atoms with Crippen LogP contribution in [0.1, 0.15) is 51.6 Å². The third-order valence-corrected chi connectivity index (χ3v) is 9.10. The fourth-order valence-corrected chi connectivity index (χ4v) is 6.85. The molecular weight excluding hydrogens is 528 g/mol. The van der Waals surface area contributed by atoms with E-state index < -0.39 is 0 Å². The summed E-state index contributed by atoms with van der Waals surface area (Å²) in [4.78, 5) is 35.5. The molecule has 9 nitrogen and oxygen atoms in total. The molecule has 3 aromatic heterocycles. The second-order valence-electron chi connectivity index (χ2n) is 11.9. The van der Waals surface area contributed by atoms with Crippen LogP contribution in [-0.4, -0.2) is 56.7 Å². The number of likely N-dealkylation sites (tertiary alicyclic amines) is 1. The van der Waals surface area contributed by atoms with Crippen LogP contribution in [0.2, 0.25) is 0 Å². The first-order valence-corrected chi connectivity index (χ1v) is 14.8. The molecule has 0 bridgehead atoms. The van der Waals surface area contributed by atoms with Gasteiger partial charge in [-0.05, 0) is 73.7 Å². The zero-order valence-electron chi connectivity index (χ0n) is 24.1. The van der Waals surface area contributed by atoms with E-state index in [1.165, 1.54) is 34.2 Å². The molecule has 0 saturated carbocycles. The Balaban J connectivity index is 1.20. The number of rotatable bonds is 6. The van der Waals surface area contributed by atoms with Gasteiger partial charge in [0.15, 0.2) is 0 Å². The minimum Gasteiger partial charge on any atom is -0.392 e. The van der Waals surface area contributed by atoms with E-state index in [9.17, 15) is 14.7 Å². The van der Waals surface area contributed by atoms with Gasteiger partial charge in [-0.1, -0.05) is 18.2 Å². The summed E-state index contributed by atoms with van der Waals surface area (Å²) in [5.41, 5.74) is 7.66. The van der Waals surface area contributed by atoms with E-state index in [0.717, 1.165) is 49.3 Å². The lowest BCUT2D eigenvalue weighted by Gasteiger charge is -2.36. The highest BCUT2D eigenvalue weighted by Crippen LogP contribution is 2.36. The van der Waals surface area contributed by atoms with Gasteiger partial charge in [-0.15, -0.1) is 0 Å². The summed E-state index contributed by atoms with van der Waals surface area (Å²) in [7, 11) is 3.82. The SMILES string of the molecule is CN1CC(c2ccc(Nc3cc(-c4cccc(N5CCn6c(cc7c6CCCC7)C5=O)c4CO)cn(C)c3=O)nc2)C1. The maximum absolute atomic E-state index is 13.8. The first-order chi connectivity index (χ1) is 20.4. The molecule has 2 N–H and O–H groups in total. The molecule has 0 atom stereocenters. The topological polar surface area (TPSA) is 95.6 Å². The number of aliphatic hydroxyl groups is 1. The number of carbonyl (C=O) groups excluding carboxylic acids is 1. The molecule has 3 aliphatic rings. The van der Waals surface area contributed by atoms with Gasteiger partial charge in [-0.25, -0.2) is 4.98 Å². The predicted octanol–water partition coefficient (Wildman–Crippen LogP) is 4.05. The number of carbonyl (C=O) groups is 1. The van der Waals surface area contributed by atoms with Gasteiger partial charge in [0.2, 0.25) is 0 Å². The number of amides is 1. The fourth-order valence-electron chi connectivity index (χ4n) is 6.85. The Morgan fingerprint density at radius 1 is 1.02 bits per heavy atom. The van der Waals surface area contributed by atoms with Crippen LogP contribution in [0.3, 0.4) is 0 Å². The number of aliphatic hydroxyl groups excluding tert-OH is 1. The van der Waals surface area contributed by atoms with Gasteiger partial charge in [0.25, 0.3) is 11.5 Å². The Morgan fingerprint density at radius 3 is 2.62 bits per heavy atom. The number of nitrogens with one attached hydrogen (secondary N) is 1. The maximum Gasteiger partial charge on any atom is 0.274 e. The average Bonchev–Trinajstić information content (AvgIpc) is 3.38. The summed E-state index contributed by atoms with van der Waals surface area (Å²) >= 11 is 0. The maximum atomic E-state index is 13.8. The van der Waals surface area contributed by atoms with Gasteiger partial charge in [-0.2, -0.15) is 0 Å². The monoisotopic (exact) mass is 564 g/mol. The zero-order chi connectivity index (χ0) is 29.0. The average molecular weight is 565 g/mol. The van der Waals surface area contributed by atoms with E-state index in [2.05, 4.69) is 38.9 Å². The number of likely N-dealkylation sites (N-methyl/N-ethyl adjacent to an activating group) is 1. The van der Waals surface area contributed by atoms with Crippen LogP contribution < -0.4 is 15.8 Å². The predicted molar refractivity (Wildman–Crippen MR) is 164 cm³/mol. The number of hydrogen-bond donors (Lipinski definition) is 2. The van der Waals surface area contributed by atoms with Gasteiger partial charge in [0.1, 0.15) is 17.2 Å². The van der Waals surface area contributed by atoms with Crippen molar-refractivity contribution in [1.82, 2.24) is 19.0 Å². The van der Waals surface area contributed by atoms with Crippen molar-refractivity contribution in [2.45, 2.75) is 44.8 Å². The van der Waals surface area contributed by atoms with Crippen LogP contribution in [0.4, 0.5) is 17.2 Å². The Bertz CT molecular complexity index is 1730. The van der Waals surface area contributed by atoms with Crippen molar-refractivity contribution in [3.63, 3.8) is 0 Å². The third kappa shape index (κ3) is 4.53. The van der Waals surface area contributed by atoms with E-state index in [4.69, 9.17) is 0 Å². The van der Waals surface area contributed by atoms with Gasteiger partial charge < -0.3 is 29.4 Å². The number of anilines is 3. The molecule has 42 heavy (non-hydrogen) atoms. The van der Waals surface area contributed by atoms with E-state index in [1.54, 1.807) is 24.2 Å². The second kappa shape index (κ2) is 10.6. The van der Waals surface area contributed by atoms with E-state index >= 15 is 0 Å². The van der Waals surface area contributed by atoms with Crippen molar-refractivity contribution in [2.75, 3.05) is 36.9 Å². The highest BCUT2D eigenvalue weighted by atomic mass is 16.3. The summed E-state index contributed by atoms with van der Waals surface area (Å²) < 4.78 is 3.74. The second-order valence-corrected chi connectivity index (χ2v) is 11.9. The molecule has 216 valence electrons. The van der Waals surface area contributed by atoms with Gasteiger partial charge in [-0.3, -0.25) is 9.59 Å². The van der Waals surface area contributed by atoms with Crippen molar-refractivity contribution in [1.29, 1.82) is 0 Å². The van der Waals surface area contributed by atoms with Gasteiger partial charge in [0.05, 0.1) is 12.3 Å². The van der Waals surface area contributed by atoms with Crippen LogP contribution in [0.25, 0.3) is 11.1 Å². The normalized spacial score (nSPS) is 17.1. The lowest BCUT2D eigenvalue weighted by atomic mass is 9.93. The largest absolute Gasteiger partial charge is 0.392 e. The third-order valence-electron chi connectivity index (χ3n) is 9.10. The standard InChI is InChI=1S/C33H36N6O3/c1-36-17-24(18-36)22-10-11-31(34-16-22)35-27-14-23(19-37(2)32(27)41)25-7-5-9-29(26(25)20-40)39-13-12-38-28-8-4-3-6-21(28)15-30(38)33(39)42/h5,7,9-11,14-16,19,24,40H,3-4,6,8,12-13,17-18,20H2,1-2H3,(H,34,35).